The second-order valence-corrected chi connectivity index (χ2v) is 4.91. The van der Waals surface area contributed by atoms with E-state index in [9.17, 15) is 9.59 Å². The van der Waals surface area contributed by atoms with Gasteiger partial charge in [0.05, 0.1) is 12.4 Å². The molecule has 0 heterocycles. The van der Waals surface area contributed by atoms with Crippen molar-refractivity contribution in [3.8, 4) is 0 Å². The van der Waals surface area contributed by atoms with Gasteiger partial charge in [-0.1, -0.05) is 6.08 Å². The van der Waals surface area contributed by atoms with Crippen molar-refractivity contribution in [3.05, 3.63) is 12.7 Å². The number of nitrogens with two attached hydrogens (primary N) is 1. The van der Waals surface area contributed by atoms with Crippen LogP contribution >= 0.6 is 11.8 Å². The Balaban J connectivity index is 3.76. The number of carbonyl (C=O) groups is 2. The first-order valence-corrected chi connectivity index (χ1v) is 6.41. The lowest BCUT2D eigenvalue weighted by atomic mass is 10.2. The van der Waals surface area contributed by atoms with Gasteiger partial charge in [0, 0.05) is 6.54 Å². The molecule has 0 saturated carbocycles. The zero-order valence-electron chi connectivity index (χ0n) is 10.3. The van der Waals surface area contributed by atoms with Gasteiger partial charge in [-0.2, -0.15) is 0 Å². The van der Waals surface area contributed by atoms with Crippen LogP contribution in [0.2, 0.25) is 0 Å². The lowest BCUT2D eigenvalue weighted by Crippen LogP contribution is -2.33. The second-order valence-electron chi connectivity index (χ2n) is 3.47. The third-order valence-corrected chi connectivity index (χ3v) is 3.28. The second kappa shape index (κ2) is 9.07. The predicted molar refractivity (Wildman–Crippen MR) is 69.7 cm³/mol. The van der Waals surface area contributed by atoms with E-state index in [1.165, 1.54) is 18.9 Å². The van der Waals surface area contributed by atoms with E-state index in [-0.39, 0.29) is 11.2 Å². The molecule has 0 aliphatic carbocycles. The van der Waals surface area contributed by atoms with E-state index in [4.69, 9.17) is 5.73 Å². The summed E-state index contributed by atoms with van der Waals surface area (Å²) in [6, 6.07) is -0.615. The van der Waals surface area contributed by atoms with Gasteiger partial charge in [0.25, 0.3) is 0 Å². The van der Waals surface area contributed by atoms with E-state index in [1.54, 1.807) is 6.08 Å². The van der Waals surface area contributed by atoms with Crippen molar-refractivity contribution >= 4 is 23.6 Å². The number of hydrogen-bond donors (Lipinski definition) is 2. The Bertz CT molecular complexity index is 271. The molecular weight excluding hydrogens is 240 g/mol. The highest BCUT2D eigenvalue weighted by Gasteiger charge is 2.16. The topological polar surface area (TPSA) is 81.4 Å². The molecule has 0 spiro atoms. The summed E-state index contributed by atoms with van der Waals surface area (Å²) >= 11 is 1.46. The quantitative estimate of drug-likeness (QED) is 0.484. The van der Waals surface area contributed by atoms with Crippen LogP contribution in [0.1, 0.15) is 13.3 Å². The summed E-state index contributed by atoms with van der Waals surface area (Å²) in [5.74, 6) is 0.176. The third kappa shape index (κ3) is 7.01. The molecule has 0 aromatic rings. The SMILES string of the molecule is C=CCNC(=O)C(C)SCCC(N)C(=O)OC. The number of carbonyl (C=O) groups excluding carboxylic acids is 2. The number of amides is 1. The number of rotatable bonds is 8. The molecule has 98 valence electrons. The smallest absolute Gasteiger partial charge is 0.322 e. The lowest BCUT2D eigenvalue weighted by Gasteiger charge is -2.12. The zero-order chi connectivity index (χ0) is 13.3. The van der Waals surface area contributed by atoms with Gasteiger partial charge < -0.3 is 15.8 Å². The Morgan fingerprint density at radius 1 is 1.59 bits per heavy atom. The largest absolute Gasteiger partial charge is 0.468 e. The van der Waals surface area contributed by atoms with Crippen LogP contribution in [0.15, 0.2) is 12.7 Å². The van der Waals surface area contributed by atoms with Gasteiger partial charge in [-0.25, -0.2) is 0 Å². The maximum atomic E-state index is 11.5. The monoisotopic (exact) mass is 260 g/mol. The minimum absolute atomic E-state index is 0.0402. The fourth-order valence-electron chi connectivity index (χ4n) is 1.03. The van der Waals surface area contributed by atoms with Crippen molar-refractivity contribution < 1.29 is 14.3 Å². The van der Waals surface area contributed by atoms with Crippen LogP contribution < -0.4 is 11.1 Å². The molecule has 0 aliphatic heterocycles. The van der Waals surface area contributed by atoms with E-state index in [2.05, 4.69) is 16.6 Å². The summed E-state index contributed by atoms with van der Waals surface area (Å²) in [6.07, 6.45) is 2.12. The van der Waals surface area contributed by atoms with Gasteiger partial charge in [0.15, 0.2) is 0 Å². The summed E-state index contributed by atoms with van der Waals surface area (Å²) < 4.78 is 4.51. The minimum atomic E-state index is -0.615. The molecule has 0 saturated heterocycles. The fraction of sp³-hybridized carbons (Fsp3) is 0.636. The van der Waals surface area contributed by atoms with Crippen molar-refractivity contribution in [2.24, 2.45) is 5.73 Å². The first-order valence-electron chi connectivity index (χ1n) is 5.36. The summed E-state index contributed by atoms with van der Waals surface area (Å²) in [7, 11) is 1.31. The molecule has 5 nitrogen and oxygen atoms in total. The Kier molecular flexibility index (Phi) is 8.53. The van der Waals surface area contributed by atoms with E-state index >= 15 is 0 Å². The molecule has 0 aliphatic rings. The number of methoxy groups -OCH3 is 1. The van der Waals surface area contributed by atoms with E-state index in [0.717, 1.165) is 0 Å². The van der Waals surface area contributed by atoms with Crippen molar-refractivity contribution in [2.45, 2.75) is 24.6 Å². The van der Waals surface area contributed by atoms with Crippen molar-refractivity contribution in [3.63, 3.8) is 0 Å². The normalized spacial score (nSPS) is 13.6. The highest BCUT2D eigenvalue weighted by atomic mass is 32.2. The van der Waals surface area contributed by atoms with Gasteiger partial charge in [0.2, 0.25) is 5.91 Å². The molecule has 0 aromatic heterocycles. The highest BCUT2D eigenvalue weighted by Crippen LogP contribution is 2.12. The summed E-state index contributed by atoms with van der Waals surface area (Å²) in [5, 5.41) is 2.54. The molecule has 2 atom stereocenters. The van der Waals surface area contributed by atoms with Crippen LogP contribution in [0, 0.1) is 0 Å². The van der Waals surface area contributed by atoms with Gasteiger partial charge >= 0.3 is 5.97 Å². The average Bonchev–Trinajstić information content (AvgIpc) is 2.34. The Morgan fingerprint density at radius 2 is 2.24 bits per heavy atom. The number of thioether (sulfide) groups is 1. The number of esters is 1. The summed E-state index contributed by atoms with van der Waals surface area (Å²) in [6.45, 7) is 5.79. The number of nitrogens with one attached hydrogen (secondary N) is 1. The molecule has 1 amide bonds. The van der Waals surface area contributed by atoms with E-state index in [1.807, 2.05) is 6.92 Å². The molecule has 6 heteroatoms. The van der Waals surface area contributed by atoms with E-state index in [0.29, 0.717) is 18.7 Å². The lowest BCUT2D eigenvalue weighted by molar-refractivity contribution is -0.142. The predicted octanol–water partition coefficient (Wildman–Crippen LogP) is 0.301. The fourth-order valence-corrected chi connectivity index (χ4v) is 2.01. The summed E-state index contributed by atoms with van der Waals surface area (Å²) in [5.41, 5.74) is 5.57. The Labute approximate surface area is 106 Å². The first kappa shape index (κ1) is 16.0. The highest BCUT2D eigenvalue weighted by molar-refractivity contribution is 8.00. The van der Waals surface area contributed by atoms with Gasteiger partial charge in [0.1, 0.15) is 6.04 Å². The molecule has 0 bridgehead atoms. The minimum Gasteiger partial charge on any atom is -0.468 e. The molecule has 17 heavy (non-hydrogen) atoms. The number of hydrogen-bond acceptors (Lipinski definition) is 5. The van der Waals surface area contributed by atoms with Gasteiger partial charge in [-0.05, 0) is 19.1 Å². The maximum Gasteiger partial charge on any atom is 0.322 e. The van der Waals surface area contributed by atoms with E-state index < -0.39 is 12.0 Å². The van der Waals surface area contributed by atoms with Crippen LogP contribution in [0.3, 0.4) is 0 Å². The molecular formula is C11H20N2O3S. The zero-order valence-corrected chi connectivity index (χ0v) is 11.1. The standard InChI is InChI=1S/C11H20N2O3S/c1-4-6-13-10(14)8(2)17-7-5-9(12)11(15)16-3/h4,8-9H,1,5-7,12H2,2-3H3,(H,13,14). The van der Waals surface area contributed by atoms with Crippen LogP contribution in [-0.2, 0) is 14.3 Å². The third-order valence-electron chi connectivity index (χ3n) is 2.09. The first-order chi connectivity index (χ1) is 8.02. The number of ether oxygens (including phenoxy) is 1. The Hall–Kier alpha value is -1.01. The van der Waals surface area contributed by atoms with Crippen LogP contribution in [0.5, 0.6) is 0 Å². The van der Waals surface area contributed by atoms with Crippen molar-refractivity contribution in [1.82, 2.24) is 5.32 Å². The van der Waals surface area contributed by atoms with Crippen LogP contribution in [0.4, 0.5) is 0 Å². The van der Waals surface area contributed by atoms with Crippen LogP contribution in [-0.4, -0.2) is 42.6 Å². The maximum absolute atomic E-state index is 11.5. The average molecular weight is 260 g/mol. The Morgan fingerprint density at radius 3 is 2.76 bits per heavy atom. The molecule has 0 aromatic carbocycles. The molecule has 0 fully saturated rings. The van der Waals surface area contributed by atoms with Crippen LogP contribution in [0.25, 0.3) is 0 Å². The molecule has 0 rings (SSSR count). The van der Waals surface area contributed by atoms with Gasteiger partial charge in [-0.15, -0.1) is 18.3 Å². The molecule has 2 unspecified atom stereocenters. The van der Waals surface area contributed by atoms with Crippen molar-refractivity contribution in [2.75, 3.05) is 19.4 Å². The van der Waals surface area contributed by atoms with Gasteiger partial charge in [-0.3, -0.25) is 9.59 Å². The molecule has 3 N–H and O–H groups in total. The summed E-state index contributed by atoms with van der Waals surface area (Å²) in [4.78, 5) is 22.5. The molecule has 0 radical (unpaired) electrons. The van der Waals surface area contributed by atoms with Crippen molar-refractivity contribution in [1.29, 1.82) is 0 Å².